The maximum Gasteiger partial charge on any atom is 0.223 e. The highest BCUT2D eigenvalue weighted by Gasteiger charge is 2.26. The van der Waals surface area contributed by atoms with Crippen LogP contribution < -0.4 is 5.32 Å². The minimum absolute atomic E-state index is 0.109. The zero-order chi connectivity index (χ0) is 9.90. The highest BCUT2D eigenvalue weighted by molar-refractivity contribution is 5.79. The lowest BCUT2D eigenvalue weighted by Crippen LogP contribution is -2.40. The molecule has 3 nitrogen and oxygen atoms in total. The van der Waals surface area contributed by atoms with Crippen LogP contribution in [0.1, 0.15) is 33.1 Å². The zero-order valence-electron chi connectivity index (χ0n) is 8.47. The van der Waals surface area contributed by atoms with E-state index in [4.69, 9.17) is 5.11 Å². The molecule has 0 heterocycles. The van der Waals surface area contributed by atoms with E-state index in [1.807, 2.05) is 13.8 Å². The van der Waals surface area contributed by atoms with Gasteiger partial charge in [0, 0.05) is 24.5 Å². The molecule has 1 rings (SSSR count). The Labute approximate surface area is 79.5 Å². The number of nitrogens with one attached hydrogen (secondary N) is 1. The second-order valence-electron chi connectivity index (χ2n) is 4.67. The molecule has 0 saturated heterocycles. The quantitative estimate of drug-likeness (QED) is 0.684. The smallest absolute Gasteiger partial charge is 0.223 e. The van der Waals surface area contributed by atoms with Crippen molar-refractivity contribution in [2.24, 2.45) is 11.3 Å². The van der Waals surface area contributed by atoms with E-state index in [1.165, 1.54) is 6.42 Å². The Morgan fingerprint density at radius 3 is 2.54 bits per heavy atom. The lowest BCUT2D eigenvalue weighted by molar-refractivity contribution is -0.127. The van der Waals surface area contributed by atoms with E-state index in [0.717, 1.165) is 12.8 Å². The van der Waals surface area contributed by atoms with Crippen molar-refractivity contribution in [3.05, 3.63) is 0 Å². The van der Waals surface area contributed by atoms with E-state index >= 15 is 0 Å². The fraction of sp³-hybridized carbons (Fsp3) is 0.900. The molecule has 0 atom stereocenters. The van der Waals surface area contributed by atoms with E-state index in [1.54, 1.807) is 0 Å². The third-order valence-electron chi connectivity index (χ3n) is 2.65. The number of hydrogen-bond donors (Lipinski definition) is 2. The number of amides is 1. The molecule has 0 spiro atoms. The zero-order valence-corrected chi connectivity index (χ0v) is 8.47. The second-order valence-corrected chi connectivity index (χ2v) is 4.67. The molecule has 0 aromatic carbocycles. The molecule has 3 heteroatoms. The molecule has 1 fully saturated rings. The van der Waals surface area contributed by atoms with Gasteiger partial charge in [0.05, 0.1) is 0 Å². The molecule has 0 radical (unpaired) electrons. The normalized spacial score (nSPS) is 18.1. The molecule has 0 aromatic rings. The van der Waals surface area contributed by atoms with Crippen LogP contribution in [-0.2, 0) is 4.79 Å². The maximum absolute atomic E-state index is 11.4. The summed E-state index contributed by atoms with van der Waals surface area (Å²) >= 11 is 0. The molecule has 1 aliphatic rings. The van der Waals surface area contributed by atoms with Gasteiger partial charge < -0.3 is 10.4 Å². The van der Waals surface area contributed by atoms with Crippen LogP contribution in [0.15, 0.2) is 0 Å². The van der Waals surface area contributed by atoms with Crippen LogP contribution in [0.2, 0.25) is 0 Å². The van der Waals surface area contributed by atoms with Gasteiger partial charge in [-0.15, -0.1) is 0 Å². The number of carbonyl (C=O) groups excluding carboxylic acids is 1. The first kappa shape index (κ1) is 10.5. The summed E-state index contributed by atoms with van der Waals surface area (Å²) in [6.45, 7) is 4.55. The van der Waals surface area contributed by atoms with Crippen molar-refractivity contribution in [1.29, 1.82) is 0 Å². The lowest BCUT2D eigenvalue weighted by Gasteiger charge is -2.27. The fourth-order valence-corrected chi connectivity index (χ4v) is 1.20. The fourth-order valence-electron chi connectivity index (χ4n) is 1.20. The molecule has 0 aromatic heterocycles. The molecule has 0 unspecified atom stereocenters. The molecular formula is C10H19NO2. The summed E-state index contributed by atoms with van der Waals surface area (Å²) in [4.78, 5) is 11.4. The van der Waals surface area contributed by atoms with Crippen molar-refractivity contribution in [1.82, 2.24) is 5.32 Å². The van der Waals surface area contributed by atoms with Crippen LogP contribution in [-0.4, -0.2) is 24.2 Å². The van der Waals surface area contributed by atoms with Crippen LogP contribution in [0.4, 0.5) is 0 Å². The van der Waals surface area contributed by atoms with Gasteiger partial charge in [0.25, 0.3) is 0 Å². The number of aliphatic hydroxyl groups excluding tert-OH is 1. The average Bonchev–Trinajstić information content (AvgIpc) is 1.98. The first-order valence-corrected chi connectivity index (χ1v) is 4.94. The second kappa shape index (κ2) is 4.09. The van der Waals surface area contributed by atoms with E-state index in [9.17, 15) is 4.79 Å². The SMILES string of the molecule is CC(C)(CO)CNC(=O)C1CCC1. The molecule has 2 N–H and O–H groups in total. The lowest BCUT2D eigenvalue weighted by atomic mass is 9.84. The van der Waals surface area contributed by atoms with Gasteiger partial charge in [0.1, 0.15) is 0 Å². The number of hydrogen-bond acceptors (Lipinski definition) is 2. The molecule has 1 aliphatic carbocycles. The Kier molecular flexibility index (Phi) is 3.31. The van der Waals surface area contributed by atoms with E-state index in [0.29, 0.717) is 6.54 Å². The number of carbonyl (C=O) groups is 1. The standard InChI is InChI=1S/C10H19NO2/c1-10(2,7-12)6-11-9(13)8-4-3-5-8/h8,12H,3-7H2,1-2H3,(H,11,13). The van der Waals surface area contributed by atoms with Gasteiger partial charge in [0.2, 0.25) is 5.91 Å². The molecule has 1 amide bonds. The molecule has 76 valence electrons. The summed E-state index contributed by atoms with van der Waals surface area (Å²) in [6.07, 6.45) is 3.25. The molecule has 0 aliphatic heterocycles. The summed E-state index contributed by atoms with van der Waals surface area (Å²) in [5, 5.41) is 11.8. The minimum atomic E-state index is -0.195. The summed E-state index contributed by atoms with van der Waals surface area (Å²) < 4.78 is 0. The summed E-state index contributed by atoms with van der Waals surface area (Å²) in [5.41, 5.74) is -0.195. The van der Waals surface area contributed by atoms with Crippen molar-refractivity contribution in [2.45, 2.75) is 33.1 Å². The number of rotatable bonds is 4. The van der Waals surface area contributed by atoms with Gasteiger partial charge in [-0.05, 0) is 12.8 Å². The molecule has 13 heavy (non-hydrogen) atoms. The van der Waals surface area contributed by atoms with Gasteiger partial charge in [-0.3, -0.25) is 4.79 Å². The Bertz CT molecular complexity index is 185. The monoisotopic (exact) mass is 185 g/mol. The number of aliphatic hydroxyl groups is 1. The van der Waals surface area contributed by atoms with Crippen LogP contribution in [0.5, 0.6) is 0 Å². The Balaban J connectivity index is 2.21. The summed E-state index contributed by atoms with van der Waals surface area (Å²) in [5.74, 6) is 0.405. The third-order valence-corrected chi connectivity index (χ3v) is 2.65. The Morgan fingerprint density at radius 1 is 1.54 bits per heavy atom. The van der Waals surface area contributed by atoms with Gasteiger partial charge in [-0.2, -0.15) is 0 Å². The largest absolute Gasteiger partial charge is 0.396 e. The van der Waals surface area contributed by atoms with Gasteiger partial charge >= 0.3 is 0 Å². The van der Waals surface area contributed by atoms with E-state index in [2.05, 4.69) is 5.32 Å². The van der Waals surface area contributed by atoms with Crippen LogP contribution in [0.3, 0.4) is 0 Å². The van der Waals surface area contributed by atoms with Crippen molar-refractivity contribution in [3.8, 4) is 0 Å². The van der Waals surface area contributed by atoms with Gasteiger partial charge in [-0.1, -0.05) is 20.3 Å². The first-order chi connectivity index (χ1) is 6.05. The van der Waals surface area contributed by atoms with Crippen molar-refractivity contribution in [2.75, 3.05) is 13.2 Å². The molecule has 1 saturated carbocycles. The van der Waals surface area contributed by atoms with Crippen molar-refractivity contribution >= 4 is 5.91 Å². The first-order valence-electron chi connectivity index (χ1n) is 4.94. The van der Waals surface area contributed by atoms with Crippen LogP contribution in [0, 0.1) is 11.3 Å². The third kappa shape index (κ3) is 2.99. The predicted octanol–water partition coefficient (Wildman–Crippen LogP) is 0.921. The van der Waals surface area contributed by atoms with Crippen LogP contribution >= 0.6 is 0 Å². The summed E-state index contributed by atoms with van der Waals surface area (Å²) in [6, 6.07) is 0. The topological polar surface area (TPSA) is 49.3 Å². The Hall–Kier alpha value is -0.570. The molecule has 0 bridgehead atoms. The van der Waals surface area contributed by atoms with Gasteiger partial charge in [-0.25, -0.2) is 0 Å². The average molecular weight is 185 g/mol. The maximum atomic E-state index is 11.4. The van der Waals surface area contributed by atoms with Crippen LogP contribution in [0.25, 0.3) is 0 Å². The van der Waals surface area contributed by atoms with Crippen molar-refractivity contribution < 1.29 is 9.90 Å². The molecular weight excluding hydrogens is 166 g/mol. The highest BCUT2D eigenvalue weighted by Crippen LogP contribution is 2.26. The predicted molar refractivity (Wildman–Crippen MR) is 51.2 cm³/mol. The Morgan fingerprint density at radius 2 is 2.15 bits per heavy atom. The minimum Gasteiger partial charge on any atom is -0.396 e. The van der Waals surface area contributed by atoms with E-state index in [-0.39, 0.29) is 23.8 Å². The highest BCUT2D eigenvalue weighted by atomic mass is 16.3. The summed E-state index contributed by atoms with van der Waals surface area (Å²) in [7, 11) is 0. The van der Waals surface area contributed by atoms with E-state index < -0.39 is 0 Å². The van der Waals surface area contributed by atoms with Crippen molar-refractivity contribution in [3.63, 3.8) is 0 Å². The van der Waals surface area contributed by atoms with Gasteiger partial charge in [0.15, 0.2) is 0 Å².